The molecule has 1 aromatic carbocycles. The van der Waals surface area contributed by atoms with Crippen LogP contribution in [0.1, 0.15) is 12.5 Å². The average molecular weight is 347 g/mol. The number of hydrogen-bond acceptors (Lipinski definition) is 3. The van der Waals surface area contributed by atoms with Crippen LogP contribution in [0.2, 0.25) is 0 Å². The predicted octanol–water partition coefficient (Wildman–Crippen LogP) is 2.36. The number of anilines is 1. The Balaban J connectivity index is 1.94. The Hall–Kier alpha value is -3.08. The minimum absolute atomic E-state index is 0.911. The number of allylic oxidation sites excluding steroid dienone is 1. The molecule has 2 heterocycles. The lowest BCUT2D eigenvalue weighted by molar-refractivity contribution is 0.768. The molecule has 0 aliphatic carbocycles. The molecule has 0 fully saturated rings. The Bertz CT molecular complexity index is 1070. The predicted molar refractivity (Wildman–Crippen MR) is 108 cm³/mol. The van der Waals surface area contributed by atoms with Crippen LogP contribution in [0.3, 0.4) is 0 Å². The van der Waals surface area contributed by atoms with Crippen LogP contribution in [0.15, 0.2) is 49.2 Å². The van der Waals surface area contributed by atoms with E-state index in [0.29, 0.717) is 0 Å². The lowest BCUT2D eigenvalue weighted by Crippen LogP contribution is -2.30. The van der Waals surface area contributed by atoms with Crippen LogP contribution in [-0.2, 0) is 14.1 Å². The smallest absolute Gasteiger partial charge is 0.0955 e. The molecule has 0 N–H and O–H groups in total. The van der Waals surface area contributed by atoms with Gasteiger partial charge in [-0.25, -0.2) is 4.98 Å². The maximum atomic E-state index is 4.39. The number of aryl methyl sites for hydroxylation is 3. The first-order chi connectivity index (χ1) is 12.4. The summed E-state index contributed by atoms with van der Waals surface area (Å²) >= 11 is 0. The van der Waals surface area contributed by atoms with Gasteiger partial charge in [-0.05, 0) is 43.2 Å². The zero-order chi connectivity index (χ0) is 18.8. The van der Waals surface area contributed by atoms with Crippen molar-refractivity contribution in [1.82, 2.24) is 19.3 Å². The number of hydrogen-bond donors (Lipinski definition) is 0. The van der Waals surface area contributed by atoms with E-state index in [1.54, 1.807) is 0 Å². The van der Waals surface area contributed by atoms with Gasteiger partial charge in [0.25, 0.3) is 0 Å². The van der Waals surface area contributed by atoms with Crippen LogP contribution < -0.4 is 15.6 Å². The van der Waals surface area contributed by atoms with Crippen molar-refractivity contribution in [2.45, 2.75) is 13.8 Å². The Morgan fingerprint density at radius 3 is 2.62 bits per heavy atom. The molecule has 0 amide bonds. The molecule has 5 nitrogen and oxygen atoms in total. The second kappa shape index (κ2) is 7.04. The molecule has 0 bridgehead atoms. The van der Waals surface area contributed by atoms with E-state index in [2.05, 4.69) is 52.8 Å². The van der Waals surface area contributed by atoms with E-state index in [1.165, 1.54) is 5.56 Å². The quantitative estimate of drug-likeness (QED) is 0.727. The average Bonchev–Trinajstić information content (AvgIpc) is 3.20. The normalized spacial score (nSPS) is 12.7. The molecular formula is C21H25N5. The van der Waals surface area contributed by atoms with Crippen LogP contribution in [-0.4, -0.2) is 26.4 Å². The summed E-state index contributed by atoms with van der Waals surface area (Å²) in [6, 6.07) is 6.44. The Kier molecular flexibility index (Phi) is 4.80. The zero-order valence-corrected chi connectivity index (χ0v) is 16.1. The molecule has 5 heteroatoms. The van der Waals surface area contributed by atoms with Gasteiger partial charge in [-0.3, -0.25) is 4.68 Å². The molecule has 0 saturated carbocycles. The van der Waals surface area contributed by atoms with Gasteiger partial charge in [0, 0.05) is 44.3 Å². The summed E-state index contributed by atoms with van der Waals surface area (Å²) in [5.74, 6) is 0. The fourth-order valence-electron chi connectivity index (χ4n) is 3.05. The molecule has 3 rings (SSSR count). The van der Waals surface area contributed by atoms with Crippen LogP contribution >= 0.6 is 0 Å². The molecule has 3 aromatic rings. The molecule has 26 heavy (non-hydrogen) atoms. The van der Waals surface area contributed by atoms with Gasteiger partial charge < -0.3 is 9.47 Å². The van der Waals surface area contributed by atoms with Crippen molar-refractivity contribution in [3.8, 4) is 11.1 Å². The molecule has 134 valence electrons. The molecule has 0 aliphatic rings. The minimum atomic E-state index is 0.911. The summed E-state index contributed by atoms with van der Waals surface area (Å²) in [6.07, 6.45) is 9.80. The maximum Gasteiger partial charge on any atom is 0.0955 e. The third kappa shape index (κ3) is 3.33. The van der Waals surface area contributed by atoms with Crippen LogP contribution in [0.4, 0.5) is 5.69 Å². The number of aromatic nitrogens is 4. The fraction of sp³-hybridized carbons (Fsp3) is 0.238. The third-order valence-electron chi connectivity index (χ3n) is 4.62. The van der Waals surface area contributed by atoms with Crippen LogP contribution in [0.5, 0.6) is 0 Å². The fourth-order valence-corrected chi connectivity index (χ4v) is 3.05. The lowest BCUT2D eigenvalue weighted by Gasteiger charge is -2.22. The number of benzene rings is 1. The first-order valence-electron chi connectivity index (χ1n) is 8.58. The van der Waals surface area contributed by atoms with E-state index in [4.69, 9.17) is 0 Å². The molecule has 0 radical (unpaired) electrons. The van der Waals surface area contributed by atoms with E-state index in [1.807, 2.05) is 62.1 Å². The van der Waals surface area contributed by atoms with E-state index < -0.39 is 0 Å². The molecular weight excluding hydrogens is 322 g/mol. The van der Waals surface area contributed by atoms with Crippen molar-refractivity contribution in [3.63, 3.8) is 0 Å². The van der Waals surface area contributed by atoms with Crippen molar-refractivity contribution in [3.05, 3.63) is 65.5 Å². The minimum Gasteiger partial charge on any atom is -0.345 e. The highest BCUT2D eigenvalue weighted by molar-refractivity contribution is 5.70. The number of imidazole rings is 1. The first-order valence-corrected chi connectivity index (χ1v) is 8.58. The Morgan fingerprint density at radius 2 is 2.00 bits per heavy atom. The zero-order valence-electron chi connectivity index (χ0n) is 16.1. The third-order valence-corrected chi connectivity index (χ3v) is 4.62. The highest BCUT2D eigenvalue weighted by atomic mass is 15.2. The van der Waals surface area contributed by atoms with Gasteiger partial charge >= 0.3 is 0 Å². The van der Waals surface area contributed by atoms with Crippen molar-refractivity contribution in [1.29, 1.82) is 0 Å². The van der Waals surface area contributed by atoms with Crippen LogP contribution in [0.25, 0.3) is 23.3 Å². The van der Waals surface area contributed by atoms with Gasteiger partial charge in [-0.15, -0.1) is 0 Å². The molecule has 0 atom stereocenters. The first kappa shape index (κ1) is 17.7. The second-order valence-corrected chi connectivity index (χ2v) is 6.51. The van der Waals surface area contributed by atoms with Gasteiger partial charge in [0.1, 0.15) is 0 Å². The van der Waals surface area contributed by atoms with Gasteiger partial charge in [-0.1, -0.05) is 18.7 Å². The molecule has 0 spiro atoms. The lowest BCUT2D eigenvalue weighted by atomic mass is 10.0. The molecule has 2 aromatic heterocycles. The molecule has 0 unspecified atom stereocenters. The Labute approximate surface area is 154 Å². The van der Waals surface area contributed by atoms with E-state index >= 15 is 0 Å². The topological polar surface area (TPSA) is 38.9 Å². The van der Waals surface area contributed by atoms with E-state index in [-0.39, 0.29) is 0 Å². The van der Waals surface area contributed by atoms with E-state index in [0.717, 1.165) is 33.2 Å². The van der Waals surface area contributed by atoms with Gasteiger partial charge in [0.05, 0.1) is 23.2 Å². The Morgan fingerprint density at radius 1 is 1.23 bits per heavy atom. The SMILES string of the molecule is C=C(C=c1c(=CC)ncn1C)N(C)c1ccc(-c2cnn(C)c2)cc1C. The van der Waals surface area contributed by atoms with Crippen molar-refractivity contribution in [2.24, 2.45) is 14.1 Å². The van der Waals surface area contributed by atoms with E-state index in [9.17, 15) is 0 Å². The second-order valence-electron chi connectivity index (χ2n) is 6.51. The highest BCUT2D eigenvalue weighted by Gasteiger charge is 2.09. The summed E-state index contributed by atoms with van der Waals surface area (Å²) in [4.78, 5) is 6.50. The van der Waals surface area contributed by atoms with Crippen molar-refractivity contribution < 1.29 is 0 Å². The van der Waals surface area contributed by atoms with Crippen molar-refractivity contribution in [2.75, 3.05) is 11.9 Å². The van der Waals surface area contributed by atoms with Gasteiger partial charge in [0.2, 0.25) is 0 Å². The summed E-state index contributed by atoms with van der Waals surface area (Å²) in [7, 11) is 5.96. The number of nitrogens with zero attached hydrogens (tertiary/aromatic N) is 5. The summed E-state index contributed by atoms with van der Waals surface area (Å²) < 4.78 is 3.82. The van der Waals surface area contributed by atoms with Gasteiger partial charge in [0.15, 0.2) is 0 Å². The summed E-state index contributed by atoms with van der Waals surface area (Å²) in [5, 5.41) is 6.26. The summed E-state index contributed by atoms with van der Waals surface area (Å²) in [5.41, 5.74) is 5.51. The van der Waals surface area contributed by atoms with Crippen LogP contribution in [0, 0.1) is 6.92 Å². The highest BCUT2D eigenvalue weighted by Crippen LogP contribution is 2.27. The molecule has 0 aliphatic heterocycles. The monoisotopic (exact) mass is 347 g/mol. The summed E-state index contributed by atoms with van der Waals surface area (Å²) in [6.45, 7) is 8.36. The van der Waals surface area contributed by atoms with Gasteiger partial charge in [-0.2, -0.15) is 5.10 Å². The largest absolute Gasteiger partial charge is 0.345 e. The number of rotatable bonds is 4. The standard InChI is InChI=1S/C21H25N5/c1-7-19-21(24(4)14-22-19)11-16(3)26(6)20-9-8-17(10-15(20)2)18-12-23-25(5)13-18/h7-14H,3H2,1-2,4-6H3. The molecule has 0 saturated heterocycles. The van der Waals surface area contributed by atoms with Crippen molar-refractivity contribution >= 4 is 17.8 Å². The maximum absolute atomic E-state index is 4.39.